The van der Waals surface area contributed by atoms with Crippen LogP contribution in [0.15, 0.2) is 42.2 Å². The van der Waals surface area contributed by atoms with E-state index in [1.165, 1.54) is 31.2 Å². The summed E-state index contributed by atoms with van der Waals surface area (Å²) in [6, 6.07) is 9.09. The maximum absolute atomic E-state index is 4.59. The lowest BCUT2D eigenvalue weighted by Gasteiger charge is -2.49. The van der Waals surface area contributed by atoms with E-state index in [-0.39, 0.29) is 0 Å². The summed E-state index contributed by atoms with van der Waals surface area (Å²) in [5.74, 6) is 1.62. The molecule has 0 spiro atoms. The van der Waals surface area contributed by atoms with Crippen molar-refractivity contribution in [2.24, 2.45) is 17.3 Å². The molecule has 0 amide bonds. The molecule has 2 unspecified atom stereocenters. The standard InChI is InChI=1S/C20H26N2/c1-14-8-9-16-12-17(10-11-20(16,3)15(14)2)22-13-21-18-6-4-5-7-19(18)22/h4-7,9,13-15,17H,8,10-12H2,1-3H3/t14?,15?,17-,20+/m0/s1. The highest BCUT2D eigenvalue weighted by Crippen LogP contribution is 2.54. The summed E-state index contributed by atoms with van der Waals surface area (Å²) in [6.45, 7) is 7.38. The summed E-state index contributed by atoms with van der Waals surface area (Å²) in [4.78, 5) is 4.59. The lowest BCUT2D eigenvalue weighted by atomic mass is 9.57. The molecule has 4 rings (SSSR count). The highest BCUT2D eigenvalue weighted by atomic mass is 15.1. The van der Waals surface area contributed by atoms with E-state index in [0.29, 0.717) is 11.5 Å². The lowest BCUT2D eigenvalue weighted by Crippen LogP contribution is -2.39. The number of nitrogens with zero attached hydrogens (tertiary/aromatic N) is 2. The van der Waals surface area contributed by atoms with Crippen LogP contribution in [0.25, 0.3) is 11.0 Å². The molecule has 1 aromatic heterocycles. The van der Waals surface area contributed by atoms with Gasteiger partial charge in [0.2, 0.25) is 0 Å². The monoisotopic (exact) mass is 294 g/mol. The Morgan fingerprint density at radius 2 is 2.05 bits per heavy atom. The molecule has 1 heterocycles. The number of imidazole rings is 1. The predicted octanol–water partition coefficient (Wildman–Crippen LogP) is 5.37. The van der Waals surface area contributed by atoms with Crippen LogP contribution in [-0.4, -0.2) is 9.55 Å². The third-order valence-corrected chi connectivity index (χ3v) is 6.66. The van der Waals surface area contributed by atoms with Crippen LogP contribution >= 0.6 is 0 Å². The second-order valence-electron chi connectivity index (χ2n) is 7.69. The first-order valence-electron chi connectivity index (χ1n) is 8.70. The minimum Gasteiger partial charge on any atom is -0.327 e. The fourth-order valence-electron chi connectivity index (χ4n) is 4.72. The van der Waals surface area contributed by atoms with Gasteiger partial charge in [0.05, 0.1) is 17.4 Å². The molecule has 2 nitrogen and oxygen atoms in total. The molecule has 2 heteroatoms. The third kappa shape index (κ3) is 1.96. The topological polar surface area (TPSA) is 17.8 Å². The van der Waals surface area contributed by atoms with Crippen molar-refractivity contribution >= 4 is 11.0 Å². The number of hydrogen-bond donors (Lipinski definition) is 0. The number of para-hydroxylation sites is 2. The zero-order valence-corrected chi connectivity index (χ0v) is 13.9. The Balaban J connectivity index is 1.68. The molecule has 0 radical (unpaired) electrons. The molecule has 2 aliphatic carbocycles. The predicted molar refractivity (Wildman–Crippen MR) is 91.8 cm³/mol. The first-order valence-corrected chi connectivity index (χ1v) is 8.70. The van der Waals surface area contributed by atoms with Crippen LogP contribution in [0.4, 0.5) is 0 Å². The summed E-state index contributed by atoms with van der Waals surface area (Å²) in [6.07, 6.45) is 9.63. The Morgan fingerprint density at radius 3 is 2.91 bits per heavy atom. The number of fused-ring (bicyclic) bond motifs is 2. The summed E-state index contributed by atoms with van der Waals surface area (Å²) >= 11 is 0. The number of hydrogen-bond acceptors (Lipinski definition) is 1. The highest BCUT2D eigenvalue weighted by molar-refractivity contribution is 5.75. The van der Waals surface area contributed by atoms with Crippen molar-refractivity contribution in [1.82, 2.24) is 9.55 Å². The van der Waals surface area contributed by atoms with Crippen LogP contribution in [0.2, 0.25) is 0 Å². The fraction of sp³-hybridized carbons (Fsp3) is 0.550. The van der Waals surface area contributed by atoms with Crippen molar-refractivity contribution in [2.45, 2.75) is 52.5 Å². The smallest absolute Gasteiger partial charge is 0.0961 e. The minimum absolute atomic E-state index is 0.421. The molecule has 2 aliphatic rings. The number of allylic oxidation sites excluding steroid dienone is 2. The molecule has 0 bridgehead atoms. The molecule has 2 aromatic rings. The molecular weight excluding hydrogens is 268 g/mol. The van der Waals surface area contributed by atoms with Crippen LogP contribution in [0.1, 0.15) is 52.5 Å². The van der Waals surface area contributed by atoms with Gasteiger partial charge in [-0.2, -0.15) is 0 Å². The van der Waals surface area contributed by atoms with E-state index < -0.39 is 0 Å². The zero-order valence-electron chi connectivity index (χ0n) is 13.9. The first kappa shape index (κ1) is 14.0. The van der Waals surface area contributed by atoms with E-state index in [0.717, 1.165) is 17.4 Å². The van der Waals surface area contributed by atoms with Crippen LogP contribution in [-0.2, 0) is 0 Å². The molecule has 1 fully saturated rings. The molecular formula is C20H26N2. The van der Waals surface area contributed by atoms with Gasteiger partial charge in [-0.1, -0.05) is 44.6 Å². The first-order chi connectivity index (χ1) is 10.6. The molecule has 0 N–H and O–H groups in total. The van der Waals surface area contributed by atoms with Crippen LogP contribution < -0.4 is 0 Å². The van der Waals surface area contributed by atoms with Gasteiger partial charge in [0.1, 0.15) is 0 Å². The molecule has 0 saturated heterocycles. The van der Waals surface area contributed by atoms with Gasteiger partial charge in [-0.3, -0.25) is 0 Å². The van der Waals surface area contributed by atoms with Crippen LogP contribution in [0, 0.1) is 17.3 Å². The number of aromatic nitrogens is 2. The SMILES string of the molecule is CC1CC=C2C[C@@H](n3cnc4ccccc43)CC[C@]2(C)C1C. The van der Waals surface area contributed by atoms with Gasteiger partial charge in [-0.25, -0.2) is 4.98 Å². The van der Waals surface area contributed by atoms with Crippen molar-refractivity contribution in [3.63, 3.8) is 0 Å². The Morgan fingerprint density at radius 1 is 1.23 bits per heavy atom. The summed E-state index contributed by atoms with van der Waals surface area (Å²) in [5, 5.41) is 0. The minimum atomic E-state index is 0.421. The number of benzene rings is 1. The normalized spacial score (nSPS) is 35.2. The lowest BCUT2D eigenvalue weighted by molar-refractivity contribution is 0.116. The Labute approximate surface area is 133 Å². The van der Waals surface area contributed by atoms with E-state index in [2.05, 4.69) is 60.7 Å². The van der Waals surface area contributed by atoms with Gasteiger partial charge in [0, 0.05) is 6.04 Å². The van der Waals surface area contributed by atoms with E-state index in [1.54, 1.807) is 5.57 Å². The molecule has 116 valence electrons. The van der Waals surface area contributed by atoms with E-state index in [1.807, 2.05) is 6.33 Å². The molecule has 0 aliphatic heterocycles. The van der Waals surface area contributed by atoms with Crippen molar-refractivity contribution in [3.8, 4) is 0 Å². The molecule has 4 atom stereocenters. The average molecular weight is 294 g/mol. The van der Waals surface area contributed by atoms with Gasteiger partial charge in [0.15, 0.2) is 0 Å². The van der Waals surface area contributed by atoms with Crippen molar-refractivity contribution in [3.05, 3.63) is 42.2 Å². The summed E-state index contributed by atoms with van der Waals surface area (Å²) < 4.78 is 2.42. The average Bonchev–Trinajstić information content (AvgIpc) is 2.96. The zero-order chi connectivity index (χ0) is 15.3. The van der Waals surface area contributed by atoms with Gasteiger partial charge in [0.25, 0.3) is 0 Å². The van der Waals surface area contributed by atoms with Gasteiger partial charge in [-0.15, -0.1) is 0 Å². The van der Waals surface area contributed by atoms with E-state index >= 15 is 0 Å². The van der Waals surface area contributed by atoms with Crippen LogP contribution in [0.3, 0.4) is 0 Å². The Kier molecular flexibility index (Phi) is 3.18. The van der Waals surface area contributed by atoms with E-state index in [4.69, 9.17) is 0 Å². The maximum Gasteiger partial charge on any atom is 0.0961 e. The third-order valence-electron chi connectivity index (χ3n) is 6.66. The Hall–Kier alpha value is -1.57. The molecule has 1 aromatic carbocycles. The molecule has 22 heavy (non-hydrogen) atoms. The summed E-state index contributed by atoms with van der Waals surface area (Å²) in [7, 11) is 0. The maximum atomic E-state index is 4.59. The Bertz CT molecular complexity index is 726. The summed E-state index contributed by atoms with van der Waals surface area (Å²) in [5.41, 5.74) is 4.53. The quantitative estimate of drug-likeness (QED) is 0.646. The van der Waals surface area contributed by atoms with E-state index in [9.17, 15) is 0 Å². The highest BCUT2D eigenvalue weighted by Gasteiger charge is 2.43. The second-order valence-corrected chi connectivity index (χ2v) is 7.69. The van der Waals surface area contributed by atoms with Crippen molar-refractivity contribution in [2.75, 3.05) is 0 Å². The van der Waals surface area contributed by atoms with Gasteiger partial charge in [-0.05, 0) is 55.1 Å². The van der Waals surface area contributed by atoms with Crippen molar-refractivity contribution < 1.29 is 0 Å². The molecule has 1 saturated carbocycles. The van der Waals surface area contributed by atoms with Crippen molar-refractivity contribution in [1.29, 1.82) is 0 Å². The van der Waals surface area contributed by atoms with Gasteiger partial charge >= 0.3 is 0 Å². The largest absolute Gasteiger partial charge is 0.327 e. The van der Waals surface area contributed by atoms with Crippen LogP contribution in [0.5, 0.6) is 0 Å². The second kappa shape index (κ2) is 4.97. The number of rotatable bonds is 1. The van der Waals surface area contributed by atoms with Gasteiger partial charge < -0.3 is 4.57 Å². The fourth-order valence-corrected chi connectivity index (χ4v) is 4.72.